The second kappa shape index (κ2) is 6.30. The summed E-state index contributed by atoms with van der Waals surface area (Å²) in [6, 6.07) is 12.6. The maximum absolute atomic E-state index is 4.87. The fraction of sp³-hybridized carbons (Fsp3) is 0.100. The molecule has 0 saturated heterocycles. The summed E-state index contributed by atoms with van der Waals surface area (Å²) in [5, 5.41) is 3.25. The number of rotatable bonds is 3. The Kier molecular flexibility index (Phi) is 3.80. The van der Waals surface area contributed by atoms with E-state index in [1.807, 2.05) is 12.3 Å². The van der Waals surface area contributed by atoms with E-state index in [9.17, 15) is 0 Å². The number of thioether (sulfide) groups is 1. The van der Waals surface area contributed by atoms with E-state index in [1.165, 1.54) is 11.1 Å². The minimum atomic E-state index is 0.836. The number of hydrogen-bond acceptors (Lipinski definition) is 6. The lowest BCUT2D eigenvalue weighted by molar-refractivity contribution is 1.11. The highest BCUT2D eigenvalue weighted by molar-refractivity contribution is 7.98. The van der Waals surface area contributed by atoms with Crippen LogP contribution in [-0.4, -0.2) is 19.9 Å². The van der Waals surface area contributed by atoms with E-state index in [2.05, 4.69) is 52.2 Å². The van der Waals surface area contributed by atoms with Crippen molar-refractivity contribution in [2.45, 2.75) is 17.7 Å². The first-order valence-corrected chi connectivity index (χ1v) is 10.0. The van der Waals surface area contributed by atoms with Gasteiger partial charge in [0.05, 0.1) is 15.7 Å². The van der Waals surface area contributed by atoms with Gasteiger partial charge in [0.15, 0.2) is 0 Å². The second-order valence-electron chi connectivity index (χ2n) is 6.15. The lowest BCUT2D eigenvalue weighted by Gasteiger charge is -2.01. The van der Waals surface area contributed by atoms with Crippen molar-refractivity contribution >= 4 is 54.4 Å². The lowest BCUT2D eigenvalue weighted by atomic mass is 10.1. The molecule has 0 saturated carbocycles. The van der Waals surface area contributed by atoms with Gasteiger partial charge in [-0.2, -0.15) is 0 Å². The molecule has 0 spiro atoms. The van der Waals surface area contributed by atoms with Gasteiger partial charge in [-0.15, -0.1) is 23.1 Å². The Morgan fingerprint density at radius 1 is 1.12 bits per heavy atom. The summed E-state index contributed by atoms with van der Waals surface area (Å²) in [4.78, 5) is 19.1. The van der Waals surface area contributed by atoms with Gasteiger partial charge in [-0.1, -0.05) is 18.2 Å². The monoisotopic (exact) mass is 374 g/mol. The predicted octanol–water partition coefficient (Wildman–Crippen LogP) is 5.39. The van der Waals surface area contributed by atoms with Gasteiger partial charge in [-0.05, 0) is 36.2 Å². The number of benzene rings is 1. The highest BCUT2D eigenvalue weighted by Crippen LogP contribution is 2.38. The molecular weight excluding hydrogens is 360 g/mol. The predicted molar refractivity (Wildman–Crippen MR) is 109 cm³/mol. The average Bonchev–Trinajstić information content (AvgIpc) is 3.03. The molecule has 6 heteroatoms. The van der Waals surface area contributed by atoms with Crippen LogP contribution in [0, 0.1) is 6.92 Å². The lowest BCUT2D eigenvalue weighted by Crippen LogP contribution is -1.86. The van der Waals surface area contributed by atoms with Crippen LogP contribution in [0.4, 0.5) is 0 Å². The maximum atomic E-state index is 4.87. The Hall–Kier alpha value is -2.57. The zero-order valence-electron chi connectivity index (χ0n) is 14.0. The summed E-state index contributed by atoms with van der Waals surface area (Å²) in [6.07, 6.45) is 5.34. The van der Waals surface area contributed by atoms with Crippen LogP contribution in [0.5, 0.6) is 0 Å². The Morgan fingerprint density at radius 3 is 2.96 bits per heavy atom. The third-order valence-electron chi connectivity index (χ3n) is 4.26. The Bertz CT molecular complexity index is 1250. The molecule has 4 nitrogen and oxygen atoms in total. The van der Waals surface area contributed by atoms with Gasteiger partial charge < -0.3 is 0 Å². The zero-order valence-corrected chi connectivity index (χ0v) is 15.6. The fourth-order valence-electron chi connectivity index (χ4n) is 2.98. The number of fused-ring (bicyclic) bond motifs is 4. The number of pyridine rings is 2. The number of aryl methyl sites for hydroxylation is 1. The van der Waals surface area contributed by atoms with Crippen LogP contribution in [0.3, 0.4) is 0 Å². The molecule has 26 heavy (non-hydrogen) atoms. The minimum absolute atomic E-state index is 0.836. The van der Waals surface area contributed by atoms with Crippen LogP contribution in [0.2, 0.25) is 0 Å². The summed E-state index contributed by atoms with van der Waals surface area (Å²) in [5.74, 6) is 0.836. The molecule has 0 unspecified atom stereocenters. The normalized spacial score (nSPS) is 11.6. The smallest absolute Gasteiger partial charge is 0.126 e. The maximum Gasteiger partial charge on any atom is 0.126 e. The first kappa shape index (κ1) is 15.7. The van der Waals surface area contributed by atoms with Crippen molar-refractivity contribution in [1.82, 2.24) is 19.9 Å². The molecule has 0 radical (unpaired) electrons. The van der Waals surface area contributed by atoms with Crippen molar-refractivity contribution in [2.24, 2.45) is 0 Å². The van der Waals surface area contributed by atoms with Crippen LogP contribution in [0.25, 0.3) is 31.3 Å². The van der Waals surface area contributed by atoms with Crippen molar-refractivity contribution in [3.05, 3.63) is 66.2 Å². The standard InChI is InChI=1S/C20H14N4S2/c1-12-4-5-14-8-15-17-18(26-19(15)24-16(14)7-12)20(23-11-22-17)25-10-13-3-2-6-21-9-13/h2-9,11H,10H2,1H3. The SMILES string of the molecule is Cc1ccc2cc3c(nc2c1)sc1c(SCc2cccnc2)ncnc13. The first-order chi connectivity index (χ1) is 12.8. The van der Waals surface area contributed by atoms with Crippen LogP contribution in [0.15, 0.2) is 60.1 Å². The molecule has 0 bridgehead atoms. The molecule has 0 aliphatic carbocycles. The van der Waals surface area contributed by atoms with Gasteiger partial charge in [0.25, 0.3) is 0 Å². The quantitative estimate of drug-likeness (QED) is 0.313. The molecule has 0 aliphatic heterocycles. The molecule has 0 amide bonds. The molecule has 0 N–H and O–H groups in total. The van der Waals surface area contributed by atoms with Gasteiger partial charge in [0.2, 0.25) is 0 Å². The minimum Gasteiger partial charge on any atom is -0.264 e. The first-order valence-electron chi connectivity index (χ1n) is 8.24. The van der Waals surface area contributed by atoms with Crippen molar-refractivity contribution < 1.29 is 0 Å². The van der Waals surface area contributed by atoms with Crippen LogP contribution < -0.4 is 0 Å². The molecular formula is C20H14N4S2. The zero-order chi connectivity index (χ0) is 17.5. The third kappa shape index (κ3) is 2.71. The molecule has 5 rings (SSSR count). The van der Waals surface area contributed by atoms with E-state index in [-0.39, 0.29) is 0 Å². The van der Waals surface area contributed by atoms with Gasteiger partial charge in [-0.25, -0.2) is 15.0 Å². The fourth-order valence-corrected chi connectivity index (χ4v) is 5.11. The molecule has 0 aliphatic rings. The molecule has 126 valence electrons. The highest BCUT2D eigenvalue weighted by Gasteiger charge is 2.14. The number of aromatic nitrogens is 4. The third-order valence-corrected chi connectivity index (χ3v) is 6.55. The summed E-state index contributed by atoms with van der Waals surface area (Å²) < 4.78 is 1.11. The summed E-state index contributed by atoms with van der Waals surface area (Å²) in [7, 11) is 0. The molecule has 4 aromatic heterocycles. The van der Waals surface area contributed by atoms with E-state index in [0.717, 1.165) is 42.1 Å². The van der Waals surface area contributed by atoms with Crippen LogP contribution >= 0.6 is 23.1 Å². The summed E-state index contributed by atoms with van der Waals surface area (Å²) in [6.45, 7) is 2.09. The van der Waals surface area contributed by atoms with Gasteiger partial charge in [0, 0.05) is 28.9 Å². The molecule has 1 aromatic carbocycles. The summed E-state index contributed by atoms with van der Waals surface area (Å²) in [5.41, 5.74) is 4.42. The topological polar surface area (TPSA) is 51.6 Å². The average molecular weight is 374 g/mol. The Balaban J connectivity index is 1.63. The number of thiophene rings is 1. The van der Waals surface area contributed by atoms with Crippen molar-refractivity contribution in [2.75, 3.05) is 0 Å². The van der Waals surface area contributed by atoms with Crippen molar-refractivity contribution in [3.8, 4) is 0 Å². The molecule has 0 fully saturated rings. The molecule has 0 atom stereocenters. The molecule has 4 heterocycles. The Morgan fingerprint density at radius 2 is 2.08 bits per heavy atom. The largest absolute Gasteiger partial charge is 0.264 e. The number of hydrogen-bond donors (Lipinski definition) is 0. The van der Waals surface area contributed by atoms with Crippen molar-refractivity contribution in [1.29, 1.82) is 0 Å². The van der Waals surface area contributed by atoms with E-state index < -0.39 is 0 Å². The van der Waals surface area contributed by atoms with E-state index in [4.69, 9.17) is 4.98 Å². The summed E-state index contributed by atoms with van der Waals surface area (Å²) >= 11 is 3.39. The van der Waals surface area contributed by atoms with Gasteiger partial charge in [0.1, 0.15) is 16.2 Å². The molecule has 5 aromatic rings. The van der Waals surface area contributed by atoms with E-state index in [1.54, 1.807) is 35.6 Å². The van der Waals surface area contributed by atoms with Crippen molar-refractivity contribution in [3.63, 3.8) is 0 Å². The van der Waals surface area contributed by atoms with Crippen LogP contribution in [-0.2, 0) is 5.75 Å². The van der Waals surface area contributed by atoms with E-state index in [0.29, 0.717) is 0 Å². The van der Waals surface area contributed by atoms with E-state index >= 15 is 0 Å². The van der Waals surface area contributed by atoms with Crippen LogP contribution in [0.1, 0.15) is 11.1 Å². The second-order valence-corrected chi connectivity index (χ2v) is 8.11. The van der Waals surface area contributed by atoms with Gasteiger partial charge in [-0.3, -0.25) is 4.98 Å². The number of nitrogens with zero attached hydrogens (tertiary/aromatic N) is 4. The Labute approximate surface area is 158 Å². The highest BCUT2D eigenvalue weighted by atomic mass is 32.2. The van der Waals surface area contributed by atoms with Gasteiger partial charge >= 0.3 is 0 Å².